The molecule has 0 aliphatic carbocycles. The summed E-state index contributed by atoms with van der Waals surface area (Å²) in [6.07, 6.45) is -3.19. The van der Waals surface area contributed by atoms with Gasteiger partial charge in [-0.3, -0.25) is 4.90 Å². The fourth-order valence-corrected chi connectivity index (χ4v) is 2.05. The fourth-order valence-electron chi connectivity index (χ4n) is 2.05. The van der Waals surface area contributed by atoms with Crippen LogP contribution in [0.3, 0.4) is 0 Å². The van der Waals surface area contributed by atoms with E-state index < -0.39 is 12.5 Å². The van der Waals surface area contributed by atoms with Gasteiger partial charge in [-0.15, -0.1) is 13.2 Å². The Bertz CT molecular complexity index is 652. The van der Waals surface area contributed by atoms with Crippen LogP contribution >= 0.6 is 0 Å². The van der Waals surface area contributed by atoms with E-state index >= 15 is 0 Å². The van der Waals surface area contributed by atoms with Crippen molar-refractivity contribution in [2.24, 2.45) is 0 Å². The number of carbonyl (C=O) groups excluding carboxylic acids is 1. The van der Waals surface area contributed by atoms with Crippen LogP contribution in [0.15, 0.2) is 18.5 Å². The maximum absolute atomic E-state index is 12.0. The first-order valence-electron chi connectivity index (χ1n) is 5.34. The first-order valence-corrected chi connectivity index (χ1v) is 5.34. The highest BCUT2D eigenvalue weighted by molar-refractivity contribution is 5.90. The Morgan fingerprint density at radius 1 is 1.42 bits per heavy atom. The number of halogens is 3. The van der Waals surface area contributed by atoms with Gasteiger partial charge in [-0.2, -0.15) is 5.10 Å². The number of carbonyl (C=O) groups is 1. The van der Waals surface area contributed by atoms with Crippen LogP contribution in [0.1, 0.15) is 5.69 Å². The Morgan fingerprint density at radius 3 is 2.95 bits per heavy atom. The zero-order valence-electron chi connectivity index (χ0n) is 9.39. The van der Waals surface area contributed by atoms with E-state index in [9.17, 15) is 18.0 Å². The Labute approximate surface area is 104 Å². The summed E-state index contributed by atoms with van der Waals surface area (Å²) in [4.78, 5) is 16.3. The Hall–Kier alpha value is -2.32. The molecule has 0 aromatic carbocycles. The van der Waals surface area contributed by atoms with Gasteiger partial charge in [0.05, 0.1) is 23.8 Å². The number of ether oxygens (including phenoxy) is 1. The molecule has 0 radical (unpaired) electrons. The van der Waals surface area contributed by atoms with Crippen LogP contribution < -0.4 is 4.90 Å². The van der Waals surface area contributed by atoms with Gasteiger partial charge in [0.1, 0.15) is 0 Å². The minimum atomic E-state index is -5.00. The lowest BCUT2D eigenvalue weighted by Crippen LogP contribution is -2.34. The first-order chi connectivity index (χ1) is 8.96. The molecule has 0 atom stereocenters. The average molecular weight is 272 g/mol. The highest BCUT2D eigenvalue weighted by atomic mass is 19.4. The van der Waals surface area contributed by atoms with Crippen LogP contribution in [0.4, 0.5) is 23.7 Å². The third kappa shape index (κ3) is 1.96. The van der Waals surface area contributed by atoms with Gasteiger partial charge in [-0.1, -0.05) is 0 Å². The Morgan fingerprint density at radius 2 is 2.21 bits per heavy atom. The van der Waals surface area contributed by atoms with E-state index in [0.29, 0.717) is 17.8 Å². The maximum Gasteiger partial charge on any atom is 0.576 e. The van der Waals surface area contributed by atoms with Crippen molar-refractivity contribution in [3.8, 4) is 0 Å². The van der Waals surface area contributed by atoms with Crippen LogP contribution in [0.2, 0.25) is 0 Å². The van der Waals surface area contributed by atoms with Crippen LogP contribution in [0, 0.1) is 0 Å². The molecule has 1 aliphatic heterocycles. The Balaban J connectivity index is 1.96. The molecule has 100 valence electrons. The van der Waals surface area contributed by atoms with Crippen molar-refractivity contribution in [2.75, 3.05) is 11.4 Å². The Kier molecular flexibility index (Phi) is 2.37. The molecule has 1 aliphatic rings. The van der Waals surface area contributed by atoms with Crippen molar-refractivity contribution in [2.45, 2.75) is 12.8 Å². The molecule has 0 bridgehead atoms. The summed E-state index contributed by atoms with van der Waals surface area (Å²) in [6, 6.07) is 1.66. The normalized spacial score (nSPS) is 14.8. The molecule has 0 N–H and O–H groups in total. The van der Waals surface area contributed by atoms with Crippen LogP contribution in [0.5, 0.6) is 0 Å². The molecule has 0 spiro atoms. The van der Waals surface area contributed by atoms with Crippen molar-refractivity contribution in [3.05, 3.63) is 24.2 Å². The van der Waals surface area contributed by atoms with E-state index in [-0.39, 0.29) is 12.2 Å². The van der Waals surface area contributed by atoms with Crippen molar-refractivity contribution in [1.29, 1.82) is 0 Å². The maximum atomic E-state index is 12.0. The number of hydrogen-bond acceptors (Lipinski definition) is 4. The SMILES string of the molecule is O=C(OC(F)(F)F)N1CCc2c1cnc1ccnn21. The van der Waals surface area contributed by atoms with Crippen LogP contribution in [0.25, 0.3) is 5.65 Å². The van der Waals surface area contributed by atoms with Gasteiger partial charge in [0.2, 0.25) is 0 Å². The van der Waals surface area contributed by atoms with Crippen molar-refractivity contribution >= 4 is 17.4 Å². The zero-order valence-corrected chi connectivity index (χ0v) is 9.39. The number of fused-ring (bicyclic) bond motifs is 3. The minimum Gasteiger partial charge on any atom is -0.356 e. The van der Waals surface area contributed by atoms with Crippen molar-refractivity contribution in [3.63, 3.8) is 0 Å². The van der Waals surface area contributed by atoms with E-state index in [1.54, 1.807) is 6.07 Å². The third-order valence-corrected chi connectivity index (χ3v) is 2.78. The summed E-state index contributed by atoms with van der Waals surface area (Å²) >= 11 is 0. The number of aromatic nitrogens is 3. The minimum absolute atomic E-state index is 0.102. The molecule has 0 saturated carbocycles. The molecule has 0 fully saturated rings. The molecule has 2 aromatic heterocycles. The van der Waals surface area contributed by atoms with E-state index in [4.69, 9.17) is 0 Å². The lowest BCUT2D eigenvalue weighted by atomic mass is 10.3. The van der Waals surface area contributed by atoms with Gasteiger partial charge in [0.25, 0.3) is 0 Å². The van der Waals surface area contributed by atoms with Gasteiger partial charge in [0, 0.05) is 19.0 Å². The summed E-state index contributed by atoms with van der Waals surface area (Å²) in [7, 11) is 0. The van der Waals surface area contributed by atoms with Gasteiger partial charge < -0.3 is 4.74 Å². The lowest BCUT2D eigenvalue weighted by Gasteiger charge is -2.17. The van der Waals surface area contributed by atoms with Crippen molar-refractivity contribution in [1.82, 2.24) is 14.6 Å². The number of nitrogens with zero attached hydrogens (tertiary/aromatic N) is 4. The predicted octanol–water partition coefficient (Wildman–Crippen LogP) is 1.75. The average Bonchev–Trinajstić information content (AvgIpc) is 2.92. The molecule has 0 saturated heterocycles. The van der Waals surface area contributed by atoms with Gasteiger partial charge in [-0.05, 0) is 0 Å². The number of amides is 1. The van der Waals surface area contributed by atoms with Crippen LogP contribution in [-0.2, 0) is 11.2 Å². The molecular formula is C10H7F3N4O2. The second-order valence-electron chi connectivity index (χ2n) is 3.91. The quantitative estimate of drug-likeness (QED) is 0.733. The number of rotatable bonds is 0. The number of anilines is 1. The largest absolute Gasteiger partial charge is 0.576 e. The second kappa shape index (κ2) is 3.84. The van der Waals surface area contributed by atoms with Gasteiger partial charge >= 0.3 is 12.5 Å². The molecule has 2 aromatic rings. The molecule has 19 heavy (non-hydrogen) atoms. The summed E-state index contributed by atoms with van der Waals surface area (Å²) < 4.78 is 41.0. The monoisotopic (exact) mass is 272 g/mol. The second-order valence-corrected chi connectivity index (χ2v) is 3.91. The molecule has 3 heterocycles. The number of alkyl halides is 3. The highest BCUT2D eigenvalue weighted by Crippen LogP contribution is 2.29. The standard InChI is InChI=1S/C10H7F3N4O2/c11-10(12,13)19-9(18)16-4-2-6-7(16)5-14-8-1-3-15-17(6)8/h1,3,5H,2,4H2. The first kappa shape index (κ1) is 11.8. The molecule has 0 unspecified atom stereocenters. The van der Waals surface area contributed by atoms with Crippen molar-refractivity contribution < 1.29 is 22.7 Å². The smallest absolute Gasteiger partial charge is 0.356 e. The number of hydrogen-bond donors (Lipinski definition) is 0. The fraction of sp³-hybridized carbons (Fsp3) is 0.300. The molecular weight excluding hydrogens is 265 g/mol. The third-order valence-electron chi connectivity index (χ3n) is 2.78. The van der Waals surface area contributed by atoms with Gasteiger partial charge in [0.15, 0.2) is 5.65 Å². The van der Waals surface area contributed by atoms with Crippen LogP contribution in [-0.4, -0.2) is 33.6 Å². The lowest BCUT2D eigenvalue weighted by molar-refractivity contribution is -0.290. The van der Waals surface area contributed by atoms with E-state index in [2.05, 4.69) is 14.8 Å². The zero-order chi connectivity index (χ0) is 13.6. The molecule has 1 amide bonds. The summed E-state index contributed by atoms with van der Waals surface area (Å²) in [5.41, 5.74) is 1.49. The topological polar surface area (TPSA) is 59.7 Å². The van der Waals surface area contributed by atoms with E-state index in [1.165, 1.54) is 16.9 Å². The van der Waals surface area contributed by atoms with Gasteiger partial charge in [-0.25, -0.2) is 14.3 Å². The summed E-state index contributed by atoms with van der Waals surface area (Å²) in [5, 5.41) is 4.01. The molecule has 6 nitrogen and oxygen atoms in total. The summed E-state index contributed by atoms with van der Waals surface area (Å²) in [6.45, 7) is 0.102. The summed E-state index contributed by atoms with van der Waals surface area (Å²) in [5.74, 6) is 0. The molecule has 9 heteroatoms. The molecule has 3 rings (SSSR count). The van der Waals surface area contributed by atoms with E-state index in [1.807, 2.05) is 0 Å². The highest BCUT2D eigenvalue weighted by Gasteiger charge is 2.38. The predicted molar refractivity (Wildman–Crippen MR) is 56.6 cm³/mol. The van der Waals surface area contributed by atoms with E-state index in [0.717, 1.165) is 4.90 Å².